The summed E-state index contributed by atoms with van der Waals surface area (Å²) in [6, 6.07) is 4.54. The Hall–Kier alpha value is -1.27. The lowest BCUT2D eigenvalue weighted by molar-refractivity contribution is -0.117. The van der Waals surface area contributed by atoms with E-state index in [1.165, 1.54) is 31.0 Å². The summed E-state index contributed by atoms with van der Waals surface area (Å²) in [5, 5.41) is 3.19. The summed E-state index contributed by atoms with van der Waals surface area (Å²) in [6.45, 7) is 0. The molecule has 1 aliphatic heterocycles. The van der Waals surface area contributed by atoms with E-state index >= 15 is 0 Å². The van der Waals surface area contributed by atoms with Crippen LogP contribution in [0, 0.1) is 5.82 Å². The van der Waals surface area contributed by atoms with Gasteiger partial charge in [-0.15, -0.1) is 0 Å². The highest BCUT2D eigenvalue weighted by molar-refractivity contribution is 9.10. The first-order valence-electron chi connectivity index (χ1n) is 5.52. The number of nitrogens with one attached hydrogen (secondary N) is 1. The molecule has 0 bridgehead atoms. The molecule has 1 N–H and O–H groups in total. The van der Waals surface area contributed by atoms with Gasteiger partial charge in [-0.05, 0) is 18.2 Å². The summed E-state index contributed by atoms with van der Waals surface area (Å²) in [7, 11) is 1.47. The van der Waals surface area contributed by atoms with E-state index in [-0.39, 0.29) is 11.6 Å². The summed E-state index contributed by atoms with van der Waals surface area (Å²) in [6.07, 6.45) is 1.68. The highest BCUT2D eigenvalue weighted by atomic mass is 79.9. The van der Waals surface area contributed by atoms with Crippen LogP contribution in [0.3, 0.4) is 0 Å². The molecule has 1 aromatic carbocycles. The average molecular weight is 342 g/mol. The zero-order valence-electron chi connectivity index (χ0n) is 9.87. The lowest BCUT2D eigenvalue weighted by atomic mass is 10.1. The molecule has 0 spiro atoms. The number of carbonyl (C=O) groups is 1. The van der Waals surface area contributed by atoms with Gasteiger partial charge in [-0.2, -0.15) is 0 Å². The Morgan fingerprint density at radius 2 is 2.26 bits per heavy atom. The van der Waals surface area contributed by atoms with Crippen LogP contribution in [0.1, 0.15) is 0 Å². The number of anilines is 1. The van der Waals surface area contributed by atoms with Crippen molar-refractivity contribution in [1.29, 1.82) is 0 Å². The van der Waals surface area contributed by atoms with E-state index < -0.39 is 4.83 Å². The molecular weight excluding hydrogens is 333 g/mol. The van der Waals surface area contributed by atoms with Gasteiger partial charge >= 0.3 is 0 Å². The number of fused-ring (bicyclic) bond motifs is 1. The highest BCUT2D eigenvalue weighted by Crippen LogP contribution is 2.45. The number of hydrogen-bond donors (Lipinski definition) is 1. The first kappa shape index (κ1) is 12.7. The average Bonchev–Trinajstić information content (AvgIpc) is 2.41. The number of carbonyl (C=O) groups excluding carboxylic acids is 1. The fourth-order valence-electron chi connectivity index (χ4n) is 1.97. The third kappa shape index (κ3) is 2.08. The van der Waals surface area contributed by atoms with Crippen LogP contribution in [0.15, 0.2) is 45.5 Å². The number of benzene rings is 1. The topological polar surface area (TPSA) is 38.3 Å². The van der Waals surface area contributed by atoms with Gasteiger partial charge in [0.2, 0.25) is 5.78 Å². The molecule has 6 heteroatoms. The highest BCUT2D eigenvalue weighted by Gasteiger charge is 2.34. The quantitative estimate of drug-likeness (QED) is 0.794. The van der Waals surface area contributed by atoms with Crippen LogP contribution in [0.4, 0.5) is 10.1 Å². The summed E-state index contributed by atoms with van der Waals surface area (Å²) >= 11 is 4.75. The number of Topliss-reactive ketones (excluding diaryl/α,β-unsaturated/α-hetero) is 1. The number of ketones is 1. The summed E-state index contributed by atoms with van der Waals surface area (Å²) in [5.74, 6) is -0.117. The minimum absolute atomic E-state index is 0.129. The number of alkyl halides is 1. The molecule has 0 saturated carbocycles. The molecule has 0 fully saturated rings. The Balaban J connectivity index is 2.05. The summed E-state index contributed by atoms with van der Waals surface area (Å²) in [4.78, 5) is 13.1. The number of allylic oxidation sites excluding steroid dienone is 3. The van der Waals surface area contributed by atoms with Gasteiger partial charge in [0.15, 0.2) is 5.76 Å². The van der Waals surface area contributed by atoms with Crippen LogP contribution >= 0.6 is 27.7 Å². The second-order valence-corrected chi connectivity index (χ2v) is 6.08. The molecule has 0 amide bonds. The Morgan fingerprint density at radius 1 is 1.47 bits per heavy atom. The first-order valence-corrected chi connectivity index (χ1v) is 7.26. The molecule has 0 saturated heterocycles. The number of thioether (sulfide) groups is 1. The number of methoxy groups -OCH3 is 1. The second-order valence-electron chi connectivity index (χ2n) is 4.08. The van der Waals surface area contributed by atoms with Crippen molar-refractivity contribution in [2.24, 2.45) is 0 Å². The predicted octanol–water partition coefficient (Wildman–Crippen LogP) is 3.43. The van der Waals surface area contributed by atoms with E-state index in [0.29, 0.717) is 5.76 Å². The van der Waals surface area contributed by atoms with Gasteiger partial charge in [0.05, 0.1) is 18.5 Å². The van der Waals surface area contributed by atoms with E-state index in [2.05, 4.69) is 21.2 Å². The number of hydrogen-bond acceptors (Lipinski definition) is 4. The molecule has 1 heterocycles. The van der Waals surface area contributed by atoms with Crippen LogP contribution in [0.25, 0.3) is 0 Å². The number of halogens is 2. The Labute approximate surface area is 122 Å². The molecule has 0 radical (unpaired) electrons. The molecule has 1 aromatic rings. The molecular formula is C13H9BrFNO2S. The van der Waals surface area contributed by atoms with E-state index in [4.69, 9.17) is 4.74 Å². The molecule has 3 rings (SSSR count). The van der Waals surface area contributed by atoms with Gasteiger partial charge in [0.25, 0.3) is 0 Å². The van der Waals surface area contributed by atoms with Crippen molar-refractivity contribution < 1.29 is 13.9 Å². The molecule has 2 aliphatic rings. The van der Waals surface area contributed by atoms with E-state index in [0.717, 1.165) is 21.2 Å². The fourth-order valence-corrected chi connectivity index (χ4v) is 3.79. The Morgan fingerprint density at radius 3 is 3.00 bits per heavy atom. The monoisotopic (exact) mass is 341 g/mol. The third-order valence-corrected chi connectivity index (χ3v) is 5.31. The van der Waals surface area contributed by atoms with Crippen LogP contribution < -0.4 is 5.32 Å². The third-order valence-electron chi connectivity index (χ3n) is 2.90. The van der Waals surface area contributed by atoms with Crippen molar-refractivity contribution in [3.05, 3.63) is 46.5 Å². The van der Waals surface area contributed by atoms with Crippen LogP contribution in [-0.4, -0.2) is 17.7 Å². The smallest absolute Gasteiger partial charge is 0.216 e. The molecule has 1 aliphatic carbocycles. The van der Waals surface area contributed by atoms with Gasteiger partial charge in [0.1, 0.15) is 10.6 Å². The summed E-state index contributed by atoms with van der Waals surface area (Å²) in [5.41, 5.74) is 1.63. The minimum atomic E-state index is -0.462. The van der Waals surface area contributed by atoms with Crippen molar-refractivity contribution >= 4 is 39.2 Å². The van der Waals surface area contributed by atoms with Gasteiger partial charge < -0.3 is 10.1 Å². The Kier molecular flexibility index (Phi) is 3.14. The number of ether oxygens (including phenoxy) is 1. The minimum Gasteiger partial charge on any atom is -0.493 e. The zero-order valence-corrected chi connectivity index (χ0v) is 12.3. The molecule has 1 unspecified atom stereocenters. The molecule has 98 valence electrons. The Bertz CT molecular complexity index is 642. The maximum atomic E-state index is 13.2. The van der Waals surface area contributed by atoms with Gasteiger partial charge in [0, 0.05) is 15.9 Å². The van der Waals surface area contributed by atoms with Crippen molar-refractivity contribution in [1.82, 2.24) is 0 Å². The first-order chi connectivity index (χ1) is 9.10. The predicted molar refractivity (Wildman–Crippen MR) is 75.7 cm³/mol. The van der Waals surface area contributed by atoms with Crippen molar-refractivity contribution in [2.45, 2.75) is 9.72 Å². The molecule has 0 aromatic heterocycles. The van der Waals surface area contributed by atoms with Crippen LogP contribution in [0.5, 0.6) is 0 Å². The van der Waals surface area contributed by atoms with Gasteiger partial charge in [-0.3, -0.25) is 4.79 Å². The number of rotatable bonds is 1. The zero-order chi connectivity index (χ0) is 13.6. The van der Waals surface area contributed by atoms with Crippen LogP contribution in [-0.2, 0) is 9.53 Å². The molecule has 19 heavy (non-hydrogen) atoms. The largest absolute Gasteiger partial charge is 0.493 e. The summed E-state index contributed by atoms with van der Waals surface area (Å²) < 4.78 is 18.3. The van der Waals surface area contributed by atoms with E-state index in [1.54, 1.807) is 12.1 Å². The SMILES string of the molecule is COC1=CC2=C(Sc3cc(F)ccc3N2)C(Br)C1=O. The van der Waals surface area contributed by atoms with Gasteiger partial charge in [-0.1, -0.05) is 27.7 Å². The fraction of sp³-hybridized carbons (Fsp3) is 0.154. The normalized spacial score (nSPS) is 21.3. The van der Waals surface area contributed by atoms with Crippen molar-refractivity contribution in [3.8, 4) is 0 Å². The van der Waals surface area contributed by atoms with Crippen molar-refractivity contribution in [3.63, 3.8) is 0 Å². The lowest BCUT2D eigenvalue weighted by Crippen LogP contribution is -2.26. The van der Waals surface area contributed by atoms with Crippen LogP contribution in [0.2, 0.25) is 0 Å². The van der Waals surface area contributed by atoms with Crippen molar-refractivity contribution in [2.75, 3.05) is 12.4 Å². The van der Waals surface area contributed by atoms with E-state index in [1.807, 2.05) is 0 Å². The standard InChI is InChI=1S/C13H9BrFNO2S/c1-18-9-5-8-13(11(14)12(9)17)19-10-4-6(15)2-3-7(10)16-8/h2-5,11,16H,1H3. The molecule has 1 atom stereocenters. The maximum absolute atomic E-state index is 13.2. The second kappa shape index (κ2) is 4.68. The molecule has 3 nitrogen and oxygen atoms in total. The maximum Gasteiger partial charge on any atom is 0.216 e. The van der Waals surface area contributed by atoms with E-state index in [9.17, 15) is 9.18 Å². The van der Waals surface area contributed by atoms with Gasteiger partial charge in [-0.25, -0.2) is 4.39 Å². The lowest BCUT2D eigenvalue weighted by Gasteiger charge is -2.28.